The fraction of sp³-hybridized carbons (Fsp3) is 0.0909. The maximum Gasteiger partial charge on any atom is 0.296 e. The number of pyridine rings is 1. The lowest BCUT2D eigenvalue weighted by molar-refractivity contribution is -0.117. The smallest absolute Gasteiger partial charge is 0.296 e. The third-order valence-electron chi connectivity index (χ3n) is 5.03. The molecule has 0 saturated heterocycles. The van der Waals surface area contributed by atoms with E-state index >= 15 is 0 Å². The number of amides is 1. The summed E-state index contributed by atoms with van der Waals surface area (Å²) in [6.07, 6.45) is 4.69. The molecule has 1 aliphatic heterocycles. The van der Waals surface area contributed by atoms with Crippen molar-refractivity contribution in [2.24, 2.45) is 0 Å². The number of ether oxygens (including phenoxy) is 1. The number of aliphatic hydroxyl groups is 1. The number of carbonyl (C=O) groups is 2. The van der Waals surface area contributed by atoms with Gasteiger partial charge in [0.05, 0.1) is 18.7 Å². The standard InChI is InChI=1S/C22H15N3O5S/c1-29-14-6-2-4-12-10-15(30-20(12)14)18(26)16-17(13-5-3-7-23-11-13)25(21(28)19(16)27)22-24-8-9-31-22/h2-11,17,27H,1H3. The lowest BCUT2D eigenvalue weighted by Crippen LogP contribution is -2.31. The van der Waals surface area contributed by atoms with Crippen LogP contribution in [-0.4, -0.2) is 33.9 Å². The number of para-hydroxylation sites is 1. The number of anilines is 1. The van der Waals surface area contributed by atoms with Gasteiger partial charge in [0.25, 0.3) is 5.91 Å². The number of nitrogens with zero attached hydrogens (tertiary/aromatic N) is 3. The fourth-order valence-corrected chi connectivity index (χ4v) is 4.33. The third-order valence-corrected chi connectivity index (χ3v) is 5.80. The molecule has 154 valence electrons. The number of benzene rings is 1. The molecule has 4 heterocycles. The van der Waals surface area contributed by atoms with Crippen molar-refractivity contribution in [1.29, 1.82) is 0 Å². The highest BCUT2D eigenvalue weighted by molar-refractivity contribution is 7.13. The number of rotatable bonds is 5. The molecule has 1 aromatic carbocycles. The van der Waals surface area contributed by atoms with E-state index in [1.54, 1.807) is 60.4 Å². The van der Waals surface area contributed by atoms with E-state index in [1.807, 2.05) is 0 Å². The SMILES string of the molecule is COc1cccc2cc(C(=O)C3=C(O)C(=O)N(c4nccs4)C3c3cccnc3)oc12. The van der Waals surface area contributed by atoms with Gasteiger partial charge in [-0.3, -0.25) is 19.5 Å². The molecule has 1 aliphatic rings. The average molecular weight is 433 g/mol. The van der Waals surface area contributed by atoms with Gasteiger partial charge >= 0.3 is 0 Å². The van der Waals surface area contributed by atoms with E-state index in [0.29, 0.717) is 27.4 Å². The second-order valence-electron chi connectivity index (χ2n) is 6.76. The summed E-state index contributed by atoms with van der Waals surface area (Å²) in [6, 6.07) is 9.39. The molecule has 0 aliphatic carbocycles. The zero-order chi connectivity index (χ0) is 21.5. The minimum absolute atomic E-state index is 0.0104. The summed E-state index contributed by atoms with van der Waals surface area (Å²) < 4.78 is 11.1. The number of carbonyl (C=O) groups excluding carboxylic acids is 2. The number of methoxy groups -OCH3 is 1. The zero-order valence-corrected chi connectivity index (χ0v) is 17.0. The largest absolute Gasteiger partial charge is 0.503 e. The van der Waals surface area contributed by atoms with Gasteiger partial charge in [-0.15, -0.1) is 11.3 Å². The quantitative estimate of drug-likeness (QED) is 0.473. The van der Waals surface area contributed by atoms with Crippen molar-refractivity contribution in [1.82, 2.24) is 9.97 Å². The minimum Gasteiger partial charge on any atom is -0.503 e. The van der Waals surface area contributed by atoms with Crippen molar-refractivity contribution in [3.63, 3.8) is 0 Å². The number of aromatic nitrogens is 2. The first kappa shape index (κ1) is 19.0. The highest BCUT2D eigenvalue weighted by atomic mass is 32.1. The molecule has 1 unspecified atom stereocenters. The van der Waals surface area contributed by atoms with Gasteiger partial charge in [-0.2, -0.15) is 0 Å². The lowest BCUT2D eigenvalue weighted by atomic mass is 9.96. The zero-order valence-electron chi connectivity index (χ0n) is 16.2. The van der Waals surface area contributed by atoms with Crippen LogP contribution in [0.2, 0.25) is 0 Å². The Kier molecular flexibility index (Phi) is 4.52. The Labute approximate surface area is 180 Å². The number of ketones is 1. The Hall–Kier alpha value is -3.98. The first-order valence-corrected chi connectivity index (χ1v) is 10.2. The first-order valence-electron chi connectivity index (χ1n) is 9.27. The first-order chi connectivity index (χ1) is 15.1. The summed E-state index contributed by atoms with van der Waals surface area (Å²) in [4.78, 5) is 36.1. The van der Waals surface area contributed by atoms with Crippen LogP contribution in [-0.2, 0) is 4.79 Å². The van der Waals surface area contributed by atoms with E-state index in [-0.39, 0.29) is 11.3 Å². The molecule has 0 saturated carbocycles. The summed E-state index contributed by atoms with van der Waals surface area (Å²) in [5.74, 6) is -1.48. The summed E-state index contributed by atoms with van der Waals surface area (Å²) in [5, 5.41) is 13.5. The van der Waals surface area contributed by atoms with Crippen molar-refractivity contribution in [3.8, 4) is 5.75 Å². The van der Waals surface area contributed by atoms with E-state index in [4.69, 9.17) is 9.15 Å². The Morgan fingerprint density at radius 2 is 2.13 bits per heavy atom. The van der Waals surface area contributed by atoms with Gasteiger partial charge in [-0.05, 0) is 23.8 Å². The fourth-order valence-electron chi connectivity index (χ4n) is 3.66. The molecule has 4 aromatic rings. The topological polar surface area (TPSA) is 106 Å². The Balaban J connectivity index is 1.65. The number of hydrogen-bond donors (Lipinski definition) is 1. The lowest BCUT2D eigenvalue weighted by Gasteiger charge is -2.23. The van der Waals surface area contributed by atoms with E-state index in [1.165, 1.54) is 23.3 Å². The van der Waals surface area contributed by atoms with Gasteiger partial charge in [-0.25, -0.2) is 4.98 Å². The normalized spacial score (nSPS) is 16.4. The summed E-state index contributed by atoms with van der Waals surface area (Å²) >= 11 is 1.23. The maximum absolute atomic E-state index is 13.5. The van der Waals surface area contributed by atoms with E-state index < -0.39 is 23.5 Å². The predicted octanol–water partition coefficient (Wildman–Crippen LogP) is 4.08. The molecule has 1 atom stereocenters. The Morgan fingerprint density at radius 3 is 2.84 bits per heavy atom. The van der Waals surface area contributed by atoms with Crippen molar-refractivity contribution >= 4 is 39.1 Å². The average Bonchev–Trinajstić information content (AvgIpc) is 3.52. The molecule has 1 N–H and O–H groups in total. The molecule has 0 fully saturated rings. The van der Waals surface area contributed by atoms with Crippen LogP contribution in [0.5, 0.6) is 5.75 Å². The molecule has 3 aromatic heterocycles. The van der Waals surface area contributed by atoms with Gasteiger partial charge in [-0.1, -0.05) is 18.2 Å². The van der Waals surface area contributed by atoms with Crippen LogP contribution in [0.3, 0.4) is 0 Å². The summed E-state index contributed by atoms with van der Waals surface area (Å²) in [6.45, 7) is 0. The molecule has 0 radical (unpaired) electrons. The van der Waals surface area contributed by atoms with Crippen LogP contribution in [0.15, 0.2) is 76.1 Å². The number of hydrogen-bond acceptors (Lipinski definition) is 8. The Morgan fingerprint density at radius 1 is 1.26 bits per heavy atom. The second-order valence-corrected chi connectivity index (χ2v) is 7.63. The van der Waals surface area contributed by atoms with Crippen LogP contribution in [0.1, 0.15) is 22.2 Å². The third kappa shape index (κ3) is 2.98. The Bertz CT molecular complexity index is 1330. The van der Waals surface area contributed by atoms with Crippen LogP contribution < -0.4 is 9.64 Å². The minimum atomic E-state index is -0.894. The monoisotopic (exact) mass is 433 g/mol. The molecule has 5 rings (SSSR count). The molecule has 8 nitrogen and oxygen atoms in total. The van der Waals surface area contributed by atoms with E-state index in [2.05, 4.69) is 9.97 Å². The van der Waals surface area contributed by atoms with Crippen LogP contribution in [0.4, 0.5) is 5.13 Å². The molecular weight excluding hydrogens is 418 g/mol. The highest BCUT2D eigenvalue weighted by Gasteiger charge is 2.46. The van der Waals surface area contributed by atoms with Gasteiger partial charge in [0.2, 0.25) is 5.78 Å². The van der Waals surface area contributed by atoms with Crippen LogP contribution >= 0.6 is 11.3 Å². The number of aliphatic hydroxyl groups excluding tert-OH is 1. The maximum atomic E-state index is 13.5. The number of fused-ring (bicyclic) bond motifs is 1. The molecule has 0 bridgehead atoms. The van der Waals surface area contributed by atoms with E-state index in [9.17, 15) is 14.7 Å². The van der Waals surface area contributed by atoms with Gasteiger partial charge in [0.1, 0.15) is 0 Å². The van der Waals surface area contributed by atoms with Crippen LogP contribution in [0, 0.1) is 0 Å². The van der Waals surface area contributed by atoms with Gasteiger partial charge < -0.3 is 14.3 Å². The van der Waals surface area contributed by atoms with Gasteiger partial charge in [0, 0.05) is 29.4 Å². The highest BCUT2D eigenvalue weighted by Crippen LogP contribution is 2.43. The van der Waals surface area contributed by atoms with Crippen molar-refractivity contribution in [3.05, 3.63) is 83.0 Å². The molecule has 9 heteroatoms. The molecular formula is C22H15N3O5S. The van der Waals surface area contributed by atoms with Gasteiger partial charge in [0.15, 0.2) is 28.0 Å². The molecule has 1 amide bonds. The van der Waals surface area contributed by atoms with Crippen LogP contribution in [0.25, 0.3) is 11.0 Å². The number of furan rings is 1. The summed E-state index contributed by atoms with van der Waals surface area (Å²) in [5.41, 5.74) is 0.880. The van der Waals surface area contributed by atoms with Crippen molar-refractivity contribution in [2.45, 2.75) is 6.04 Å². The van der Waals surface area contributed by atoms with Crippen molar-refractivity contribution in [2.75, 3.05) is 12.0 Å². The van der Waals surface area contributed by atoms with Crippen molar-refractivity contribution < 1.29 is 23.8 Å². The summed E-state index contributed by atoms with van der Waals surface area (Å²) in [7, 11) is 1.51. The molecule has 31 heavy (non-hydrogen) atoms. The second kappa shape index (κ2) is 7.37. The predicted molar refractivity (Wildman–Crippen MR) is 113 cm³/mol. The number of thiazole rings is 1. The van der Waals surface area contributed by atoms with E-state index in [0.717, 1.165) is 0 Å². The number of Topliss-reactive ketones (excluding diaryl/α,β-unsaturated/α-hetero) is 1. The molecule has 0 spiro atoms.